The van der Waals surface area contributed by atoms with Gasteiger partial charge in [-0.25, -0.2) is 14.2 Å². The highest BCUT2D eigenvalue weighted by Crippen LogP contribution is 2.24. The number of likely N-dealkylation sites (tertiary alicyclic amines) is 1. The second-order valence-electron chi connectivity index (χ2n) is 7.77. The predicted octanol–water partition coefficient (Wildman–Crippen LogP) is 1.56. The molecule has 0 radical (unpaired) electrons. The molecule has 0 spiro atoms. The summed E-state index contributed by atoms with van der Waals surface area (Å²) in [5, 5.41) is 9.87. The zero-order chi connectivity index (χ0) is 22.1. The van der Waals surface area contributed by atoms with Gasteiger partial charge in [0.2, 0.25) is 5.91 Å². The summed E-state index contributed by atoms with van der Waals surface area (Å²) in [6.07, 6.45) is 1.02. The van der Waals surface area contributed by atoms with Crippen molar-refractivity contribution in [3.63, 3.8) is 0 Å². The summed E-state index contributed by atoms with van der Waals surface area (Å²) in [6.45, 7) is 0.281. The van der Waals surface area contributed by atoms with Crippen molar-refractivity contribution in [2.75, 3.05) is 6.54 Å². The fourth-order valence-corrected chi connectivity index (χ4v) is 4.31. The minimum absolute atomic E-state index is 0.107. The van der Waals surface area contributed by atoms with Gasteiger partial charge in [0.05, 0.1) is 10.9 Å². The number of aliphatic carboxylic acids is 1. The Morgan fingerprint density at radius 1 is 1.06 bits per heavy atom. The number of aromatic nitrogens is 2. The number of carboxylic acid groups (broad SMARTS) is 1. The van der Waals surface area contributed by atoms with Gasteiger partial charge in [0.15, 0.2) is 0 Å². The zero-order valence-corrected chi connectivity index (χ0v) is 17.1. The summed E-state index contributed by atoms with van der Waals surface area (Å²) in [7, 11) is 1.56. The van der Waals surface area contributed by atoms with E-state index in [1.807, 2.05) is 30.3 Å². The van der Waals surface area contributed by atoms with Gasteiger partial charge in [-0.2, -0.15) is 0 Å². The van der Waals surface area contributed by atoms with Crippen LogP contribution in [0.5, 0.6) is 0 Å². The highest BCUT2D eigenvalue weighted by molar-refractivity contribution is 5.87. The summed E-state index contributed by atoms with van der Waals surface area (Å²) in [5.74, 6) is -1.61. The monoisotopic (exact) mass is 421 g/mol. The molecule has 0 bridgehead atoms. The lowest BCUT2D eigenvalue weighted by molar-refractivity contribution is -0.149. The number of hydrogen-bond acceptors (Lipinski definition) is 4. The predicted molar refractivity (Wildman–Crippen MR) is 115 cm³/mol. The Balaban J connectivity index is 1.90. The molecule has 1 aliphatic heterocycles. The van der Waals surface area contributed by atoms with Crippen LogP contribution >= 0.6 is 0 Å². The van der Waals surface area contributed by atoms with Crippen molar-refractivity contribution in [2.45, 2.75) is 31.3 Å². The third-order valence-electron chi connectivity index (χ3n) is 5.90. The van der Waals surface area contributed by atoms with Crippen molar-refractivity contribution < 1.29 is 14.7 Å². The SMILES string of the molecule is Cn1c(=O)n([C@@H](Cc2ccccc2)C(=O)N2CCC[C@H]2C(=O)O)c(=O)c2ccccc21. The van der Waals surface area contributed by atoms with Crippen molar-refractivity contribution in [1.82, 2.24) is 14.0 Å². The van der Waals surface area contributed by atoms with Crippen LogP contribution in [0, 0.1) is 0 Å². The van der Waals surface area contributed by atoms with E-state index in [0.29, 0.717) is 23.7 Å². The Hall–Kier alpha value is -3.68. The van der Waals surface area contributed by atoms with Gasteiger partial charge >= 0.3 is 11.7 Å². The molecule has 2 atom stereocenters. The van der Waals surface area contributed by atoms with E-state index in [0.717, 1.165) is 10.1 Å². The summed E-state index contributed by atoms with van der Waals surface area (Å²) >= 11 is 0. The van der Waals surface area contributed by atoms with E-state index in [1.165, 1.54) is 9.47 Å². The van der Waals surface area contributed by atoms with E-state index in [9.17, 15) is 24.3 Å². The van der Waals surface area contributed by atoms with Crippen LogP contribution in [-0.2, 0) is 23.1 Å². The Bertz CT molecular complexity index is 1260. The number of hydrogen-bond donors (Lipinski definition) is 1. The van der Waals surface area contributed by atoms with E-state index in [-0.39, 0.29) is 13.0 Å². The Kier molecular flexibility index (Phi) is 5.46. The van der Waals surface area contributed by atoms with E-state index in [1.54, 1.807) is 31.3 Å². The maximum absolute atomic E-state index is 13.6. The highest BCUT2D eigenvalue weighted by Gasteiger charge is 2.39. The lowest BCUT2D eigenvalue weighted by Gasteiger charge is -2.28. The number of carboxylic acids is 1. The number of amides is 1. The molecule has 0 aliphatic carbocycles. The molecule has 2 heterocycles. The number of para-hydroxylation sites is 1. The molecule has 3 aromatic rings. The number of nitrogens with zero attached hydrogens (tertiary/aromatic N) is 3. The topological polar surface area (TPSA) is 102 Å². The number of carbonyl (C=O) groups excluding carboxylic acids is 1. The fraction of sp³-hybridized carbons (Fsp3) is 0.304. The van der Waals surface area contributed by atoms with Gasteiger partial charge in [0.1, 0.15) is 12.1 Å². The van der Waals surface area contributed by atoms with Crippen LogP contribution < -0.4 is 11.2 Å². The van der Waals surface area contributed by atoms with Crippen LogP contribution in [0.1, 0.15) is 24.4 Å². The van der Waals surface area contributed by atoms with E-state index < -0.39 is 35.2 Å². The van der Waals surface area contributed by atoms with Gasteiger partial charge in [-0.15, -0.1) is 0 Å². The van der Waals surface area contributed by atoms with Crippen molar-refractivity contribution in [2.24, 2.45) is 7.05 Å². The largest absolute Gasteiger partial charge is 0.480 e. The molecule has 1 saturated heterocycles. The normalized spacial score (nSPS) is 17.1. The third kappa shape index (κ3) is 3.65. The maximum Gasteiger partial charge on any atom is 0.331 e. The molecule has 4 rings (SSSR count). The van der Waals surface area contributed by atoms with Crippen molar-refractivity contribution in [1.29, 1.82) is 0 Å². The number of carbonyl (C=O) groups is 2. The van der Waals surface area contributed by atoms with Gasteiger partial charge in [-0.3, -0.25) is 14.2 Å². The number of aryl methyl sites for hydroxylation is 1. The standard InChI is InChI=1S/C23H23N3O5/c1-24-17-11-6-5-10-16(17)20(27)26(23(24)31)19(14-15-8-3-2-4-9-15)21(28)25-13-7-12-18(25)22(29)30/h2-6,8-11,18-19H,7,12-14H2,1H3,(H,29,30)/t18-,19-/m0/s1. The van der Waals surface area contributed by atoms with Crippen LogP contribution in [0.4, 0.5) is 0 Å². The molecule has 31 heavy (non-hydrogen) atoms. The molecule has 1 amide bonds. The second kappa shape index (κ2) is 8.22. The van der Waals surface area contributed by atoms with Crippen LogP contribution in [-0.4, -0.2) is 43.6 Å². The van der Waals surface area contributed by atoms with Crippen LogP contribution in [0.2, 0.25) is 0 Å². The molecule has 1 fully saturated rings. The number of fused-ring (bicyclic) bond motifs is 1. The third-order valence-corrected chi connectivity index (χ3v) is 5.90. The average molecular weight is 421 g/mol. The molecule has 2 aromatic carbocycles. The first-order valence-corrected chi connectivity index (χ1v) is 10.2. The van der Waals surface area contributed by atoms with E-state index in [4.69, 9.17) is 0 Å². The Labute approximate surface area is 178 Å². The quantitative estimate of drug-likeness (QED) is 0.674. The number of rotatable bonds is 5. The maximum atomic E-state index is 13.6. The molecule has 1 aromatic heterocycles. The van der Waals surface area contributed by atoms with Crippen LogP contribution in [0.15, 0.2) is 64.2 Å². The smallest absolute Gasteiger partial charge is 0.331 e. The highest BCUT2D eigenvalue weighted by atomic mass is 16.4. The molecule has 1 aliphatic rings. The fourth-order valence-electron chi connectivity index (χ4n) is 4.31. The second-order valence-corrected chi connectivity index (χ2v) is 7.77. The van der Waals surface area contributed by atoms with Gasteiger partial charge < -0.3 is 10.0 Å². The average Bonchev–Trinajstić information content (AvgIpc) is 3.28. The minimum Gasteiger partial charge on any atom is -0.480 e. The van der Waals surface area contributed by atoms with E-state index in [2.05, 4.69) is 0 Å². The first-order chi connectivity index (χ1) is 14.9. The summed E-state index contributed by atoms with van der Waals surface area (Å²) < 4.78 is 2.33. The van der Waals surface area contributed by atoms with Crippen LogP contribution in [0.25, 0.3) is 10.9 Å². The van der Waals surface area contributed by atoms with Gasteiger partial charge in [-0.1, -0.05) is 42.5 Å². The number of benzene rings is 2. The summed E-state index contributed by atoms with van der Waals surface area (Å²) in [4.78, 5) is 53.1. The Morgan fingerprint density at radius 3 is 2.45 bits per heavy atom. The summed E-state index contributed by atoms with van der Waals surface area (Å²) in [5.41, 5.74) is 0.0846. The first-order valence-electron chi connectivity index (χ1n) is 10.2. The molecule has 8 nitrogen and oxygen atoms in total. The van der Waals surface area contributed by atoms with Gasteiger partial charge in [0.25, 0.3) is 5.56 Å². The lowest BCUT2D eigenvalue weighted by Crippen LogP contribution is -2.50. The van der Waals surface area contributed by atoms with Crippen molar-refractivity contribution in [3.8, 4) is 0 Å². The molecule has 160 valence electrons. The first kappa shape index (κ1) is 20.6. The van der Waals surface area contributed by atoms with Gasteiger partial charge in [-0.05, 0) is 30.5 Å². The lowest BCUT2D eigenvalue weighted by atomic mass is 10.0. The van der Waals surface area contributed by atoms with E-state index >= 15 is 0 Å². The van der Waals surface area contributed by atoms with Crippen molar-refractivity contribution in [3.05, 3.63) is 81.0 Å². The molecule has 1 N–H and O–H groups in total. The van der Waals surface area contributed by atoms with Gasteiger partial charge in [0, 0.05) is 20.0 Å². The van der Waals surface area contributed by atoms with Crippen molar-refractivity contribution >= 4 is 22.8 Å². The molecule has 0 saturated carbocycles. The molecular weight excluding hydrogens is 398 g/mol. The summed E-state index contributed by atoms with van der Waals surface area (Å²) in [6, 6.07) is 13.7. The molecule has 0 unspecified atom stereocenters. The Morgan fingerprint density at radius 2 is 1.74 bits per heavy atom. The minimum atomic E-state index is -1.14. The van der Waals surface area contributed by atoms with Crippen LogP contribution in [0.3, 0.4) is 0 Å². The molecule has 8 heteroatoms. The zero-order valence-electron chi connectivity index (χ0n) is 17.1. The molecular formula is C23H23N3O5.